The minimum absolute atomic E-state index is 0.389. The predicted molar refractivity (Wildman–Crippen MR) is 128 cm³/mol. The third-order valence-corrected chi connectivity index (χ3v) is 5.78. The molecule has 176 valence electrons. The van der Waals surface area contributed by atoms with Crippen LogP contribution in [-0.4, -0.2) is 47.0 Å². The maximum atomic E-state index is 12.7. The first kappa shape index (κ1) is 24.0. The molecule has 33 heavy (non-hydrogen) atoms. The van der Waals surface area contributed by atoms with Gasteiger partial charge in [0, 0.05) is 27.9 Å². The average Bonchev–Trinajstić information content (AvgIpc) is 3.19. The van der Waals surface area contributed by atoms with Crippen LogP contribution >= 0.6 is 11.3 Å². The van der Waals surface area contributed by atoms with Gasteiger partial charge >= 0.3 is 12.0 Å². The highest BCUT2D eigenvalue weighted by atomic mass is 32.1. The summed E-state index contributed by atoms with van der Waals surface area (Å²) in [5.41, 5.74) is 0.988. The van der Waals surface area contributed by atoms with Crippen molar-refractivity contribution >= 4 is 44.8 Å². The van der Waals surface area contributed by atoms with Gasteiger partial charge in [-0.3, -0.25) is 0 Å². The first-order valence-electron chi connectivity index (χ1n) is 10.1. The molecule has 0 aliphatic heterocycles. The van der Waals surface area contributed by atoms with E-state index in [4.69, 9.17) is 23.7 Å². The molecule has 0 spiro atoms. The van der Waals surface area contributed by atoms with Gasteiger partial charge in [0.15, 0.2) is 22.1 Å². The molecule has 10 heteroatoms. The minimum atomic E-state index is -0.469. The van der Waals surface area contributed by atoms with E-state index in [-0.39, 0.29) is 0 Å². The average molecular weight is 475 g/mol. The summed E-state index contributed by atoms with van der Waals surface area (Å²) in [5.74, 6) is 1.25. The predicted octanol–water partition coefficient (Wildman–Crippen LogP) is 5.15. The molecule has 3 aromatic rings. The molecule has 2 aromatic carbocycles. The molecule has 0 atom stereocenters. The number of thiophene rings is 1. The van der Waals surface area contributed by atoms with E-state index in [1.165, 1.54) is 39.8 Å². The van der Waals surface area contributed by atoms with E-state index in [1.54, 1.807) is 24.3 Å². The van der Waals surface area contributed by atoms with Crippen LogP contribution in [0.3, 0.4) is 0 Å². The number of benzene rings is 2. The Balaban J connectivity index is 1.86. The SMILES string of the molecule is CCCOc1c(C(=O)OC)sc2ccc(NC(=O)Nc3cc(OC)c(OC)c(OC)c3)cc12. The Bertz CT molecular complexity index is 1130. The Morgan fingerprint density at radius 2 is 1.55 bits per heavy atom. The van der Waals surface area contributed by atoms with Crippen molar-refractivity contribution in [3.8, 4) is 23.0 Å². The van der Waals surface area contributed by atoms with E-state index < -0.39 is 12.0 Å². The Morgan fingerprint density at radius 1 is 0.879 bits per heavy atom. The van der Waals surface area contributed by atoms with E-state index in [2.05, 4.69) is 10.6 Å². The standard InChI is InChI=1S/C23H26N2O7S/c1-6-9-32-19-15-10-13(7-8-18(15)33-21(19)22(26)31-5)24-23(27)25-14-11-16(28-2)20(30-4)17(12-14)29-3/h7-8,10-12H,6,9H2,1-5H3,(H2,24,25,27). The van der Waals surface area contributed by atoms with Crippen LogP contribution in [0.2, 0.25) is 0 Å². The lowest BCUT2D eigenvalue weighted by atomic mass is 10.2. The first-order valence-corrected chi connectivity index (χ1v) is 10.9. The van der Waals surface area contributed by atoms with Crippen molar-refractivity contribution in [3.63, 3.8) is 0 Å². The number of ether oxygens (including phenoxy) is 5. The Kier molecular flexibility index (Phi) is 7.83. The number of amides is 2. The van der Waals surface area contributed by atoms with Crippen LogP contribution < -0.4 is 29.6 Å². The van der Waals surface area contributed by atoms with E-state index in [0.717, 1.165) is 16.5 Å². The number of urea groups is 1. The second-order valence-corrected chi connectivity index (χ2v) is 7.86. The van der Waals surface area contributed by atoms with Crippen LogP contribution in [0, 0.1) is 0 Å². The molecule has 0 radical (unpaired) electrons. The van der Waals surface area contributed by atoms with Crippen LogP contribution in [0.4, 0.5) is 16.2 Å². The second-order valence-electron chi connectivity index (χ2n) is 6.80. The molecule has 0 saturated heterocycles. The lowest BCUT2D eigenvalue weighted by Gasteiger charge is -2.15. The number of esters is 1. The zero-order valence-electron chi connectivity index (χ0n) is 19.1. The number of nitrogens with one attached hydrogen (secondary N) is 2. The van der Waals surface area contributed by atoms with Gasteiger partial charge in [-0.05, 0) is 24.6 Å². The maximum Gasteiger partial charge on any atom is 0.351 e. The van der Waals surface area contributed by atoms with Crippen LogP contribution in [-0.2, 0) is 4.74 Å². The molecule has 0 bridgehead atoms. The summed E-state index contributed by atoms with van der Waals surface area (Å²) in [6, 6.07) is 8.12. The highest BCUT2D eigenvalue weighted by Crippen LogP contribution is 2.41. The summed E-state index contributed by atoms with van der Waals surface area (Å²) >= 11 is 1.28. The normalized spacial score (nSPS) is 10.5. The van der Waals surface area contributed by atoms with Crippen LogP contribution in [0.15, 0.2) is 30.3 Å². The van der Waals surface area contributed by atoms with Gasteiger partial charge in [0.05, 0.1) is 40.7 Å². The minimum Gasteiger partial charge on any atom is -0.493 e. The maximum absolute atomic E-state index is 12.7. The van der Waals surface area contributed by atoms with Crippen molar-refractivity contribution in [2.24, 2.45) is 0 Å². The summed E-state index contributed by atoms with van der Waals surface area (Å²) < 4.78 is 27.5. The van der Waals surface area contributed by atoms with Crippen LogP contribution in [0.25, 0.3) is 10.1 Å². The van der Waals surface area contributed by atoms with Crippen molar-refractivity contribution < 1.29 is 33.3 Å². The molecule has 1 heterocycles. The highest BCUT2D eigenvalue weighted by molar-refractivity contribution is 7.21. The monoisotopic (exact) mass is 474 g/mol. The summed E-state index contributed by atoms with van der Waals surface area (Å²) in [6.07, 6.45) is 0.785. The van der Waals surface area contributed by atoms with E-state index >= 15 is 0 Å². The van der Waals surface area contributed by atoms with Gasteiger partial charge in [-0.1, -0.05) is 6.92 Å². The molecule has 0 saturated carbocycles. The topological polar surface area (TPSA) is 104 Å². The quantitative estimate of drug-likeness (QED) is 0.414. The summed E-state index contributed by atoms with van der Waals surface area (Å²) in [7, 11) is 5.83. The second kappa shape index (κ2) is 10.8. The zero-order valence-corrected chi connectivity index (χ0v) is 19.9. The Labute approximate surface area is 195 Å². The van der Waals surface area contributed by atoms with Gasteiger partial charge in [0.25, 0.3) is 0 Å². The molecular formula is C23H26N2O7S. The molecule has 0 fully saturated rings. The van der Waals surface area contributed by atoms with E-state index in [9.17, 15) is 9.59 Å². The number of hydrogen-bond donors (Lipinski definition) is 2. The molecule has 2 amide bonds. The fraction of sp³-hybridized carbons (Fsp3) is 0.304. The van der Waals surface area contributed by atoms with Crippen LogP contribution in [0.1, 0.15) is 23.0 Å². The number of fused-ring (bicyclic) bond motifs is 1. The highest BCUT2D eigenvalue weighted by Gasteiger charge is 2.21. The van der Waals surface area contributed by atoms with Gasteiger partial charge in [-0.15, -0.1) is 11.3 Å². The van der Waals surface area contributed by atoms with Gasteiger partial charge in [0.1, 0.15) is 0 Å². The Hall–Kier alpha value is -3.66. The summed E-state index contributed by atoms with van der Waals surface area (Å²) in [6.45, 7) is 2.43. The fourth-order valence-electron chi connectivity index (χ4n) is 3.17. The zero-order chi connectivity index (χ0) is 24.0. The lowest BCUT2D eigenvalue weighted by Crippen LogP contribution is -2.19. The molecule has 0 aliphatic carbocycles. The molecule has 1 aromatic heterocycles. The summed E-state index contributed by atoms with van der Waals surface area (Å²) in [4.78, 5) is 25.2. The van der Waals surface area contributed by atoms with Crippen molar-refractivity contribution in [1.29, 1.82) is 0 Å². The third kappa shape index (κ3) is 5.23. The van der Waals surface area contributed by atoms with E-state index in [0.29, 0.717) is 45.9 Å². The first-order chi connectivity index (χ1) is 15.9. The number of carbonyl (C=O) groups excluding carboxylic acids is 2. The van der Waals surface area contributed by atoms with Crippen LogP contribution in [0.5, 0.6) is 23.0 Å². The smallest absolute Gasteiger partial charge is 0.351 e. The van der Waals surface area contributed by atoms with Gasteiger partial charge in [-0.25, -0.2) is 9.59 Å². The molecule has 9 nitrogen and oxygen atoms in total. The van der Waals surface area contributed by atoms with Gasteiger partial charge < -0.3 is 34.3 Å². The molecule has 0 aliphatic rings. The number of rotatable bonds is 9. The van der Waals surface area contributed by atoms with Crippen molar-refractivity contribution in [2.75, 3.05) is 45.7 Å². The van der Waals surface area contributed by atoms with Crippen molar-refractivity contribution in [1.82, 2.24) is 0 Å². The van der Waals surface area contributed by atoms with Gasteiger partial charge in [-0.2, -0.15) is 0 Å². The van der Waals surface area contributed by atoms with E-state index in [1.807, 2.05) is 13.0 Å². The molecule has 2 N–H and O–H groups in total. The van der Waals surface area contributed by atoms with Crippen molar-refractivity contribution in [2.45, 2.75) is 13.3 Å². The fourth-order valence-corrected chi connectivity index (χ4v) is 4.22. The number of carbonyl (C=O) groups is 2. The number of hydrogen-bond acceptors (Lipinski definition) is 8. The Morgan fingerprint density at radius 3 is 2.12 bits per heavy atom. The largest absolute Gasteiger partial charge is 0.493 e. The van der Waals surface area contributed by atoms with Crippen molar-refractivity contribution in [3.05, 3.63) is 35.2 Å². The number of methoxy groups -OCH3 is 4. The lowest BCUT2D eigenvalue weighted by molar-refractivity contribution is 0.0602. The molecule has 3 rings (SSSR count). The van der Waals surface area contributed by atoms with Gasteiger partial charge in [0.2, 0.25) is 5.75 Å². The number of anilines is 2. The summed E-state index contributed by atoms with van der Waals surface area (Å²) in [5, 5.41) is 6.27. The molecular weight excluding hydrogens is 448 g/mol. The third-order valence-electron chi connectivity index (χ3n) is 4.64. The molecule has 0 unspecified atom stereocenters.